The third-order valence-electron chi connectivity index (χ3n) is 2.83. The first-order valence-electron chi connectivity index (χ1n) is 5.59. The van der Waals surface area contributed by atoms with E-state index in [0.717, 1.165) is 18.6 Å². The molecule has 1 aromatic heterocycles. The van der Waals surface area contributed by atoms with E-state index in [0.29, 0.717) is 11.1 Å². The lowest BCUT2D eigenvalue weighted by Gasteiger charge is -2.11. The van der Waals surface area contributed by atoms with Gasteiger partial charge < -0.3 is 14.2 Å². The average Bonchev–Trinajstić information content (AvgIpc) is 2.63. The molecule has 0 aliphatic heterocycles. The minimum absolute atomic E-state index is 0.197. The zero-order chi connectivity index (χ0) is 12.4. The van der Waals surface area contributed by atoms with Crippen molar-refractivity contribution in [2.75, 3.05) is 27.7 Å². The van der Waals surface area contributed by atoms with Gasteiger partial charge in [0.05, 0.1) is 12.6 Å². The molecule has 3 nitrogen and oxygen atoms in total. The molecule has 92 valence electrons. The number of benzene rings is 1. The summed E-state index contributed by atoms with van der Waals surface area (Å²) in [6.07, 6.45) is 1.55. The van der Waals surface area contributed by atoms with Gasteiger partial charge in [0.25, 0.3) is 0 Å². The van der Waals surface area contributed by atoms with Crippen molar-refractivity contribution in [3.63, 3.8) is 0 Å². The van der Waals surface area contributed by atoms with Crippen LogP contribution in [0.15, 0.2) is 24.4 Å². The number of fused-ring (bicyclic) bond motifs is 1. The lowest BCUT2D eigenvalue weighted by atomic mass is 10.2. The van der Waals surface area contributed by atoms with Gasteiger partial charge in [-0.3, -0.25) is 0 Å². The number of halogens is 1. The van der Waals surface area contributed by atoms with Crippen LogP contribution >= 0.6 is 0 Å². The van der Waals surface area contributed by atoms with Crippen molar-refractivity contribution in [3.8, 4) is 5.75 Å². The van der Waals surface area contributed by atoms with Crippen LogP contribution in [0.3, 0.4) is 0 Å². The molecule has 17 heavy (non-hydrogen) atoms. The Morgan fingerprint density at radius 1 is 1.35 bits per heavy atom. The van der Waals surface area contributed by atoms with Crippen LogP contribution in [-0.4, -0.2) is 37.2 Å². The Bertz CT molecular complexity index is 519. The third-order valence-corrected chi connectivity index (χ3v) is 2.83. The molecule has 0 aliphatic carbocycles. The summed E-state index contributed by atoms with van der Waals surface area (Å²) in [6.45, 7) is 1.66. The van der Waals surface area contributed by atoms with Gasteiger partial charge in [0, 0.05) is 24.7 Å². The van der Waals surface area contributed by atoms with Gasteiger partial charge in [-0.15, -0.1) is 0 Å². The fraction of sp³-hybridized carbons (Fsp3) is 0.385. The predicted octanol–water partition coefficient (Wildman–Crippen LogP) is 2.35. The van der Waals surface area contributed by atoms with E-state index in [4.69, 9.17) is 4.74 Å². The second-order valence-electron chi connectivity index (χ2n) is 4.36. The van der Waals surface area contributed by atoms with Crippen LogP contribution in [0.1, 0.15) is 0 Å². The lowest BCUT2D eigenvalue weighted by molar-refractivity contribution is 0.386. The molecule has 0 saturated carbocycles. The minimum atomic E-state index is -0.197. The van der Waals surface area contributed by atoms with E-state index in [2.05, 4.69) is 4.90 Å². The largest absolute Gasteiger partial charge is 0.497 e. The summed E-state index contributed by atoms with van der Waals surface area (Å²) in [7, 11) is 5.60. The first kappa shape index (κ1) is 11.9. The number of ether oxygens (including phenoxy) is 1. The number of rotatable bonds is 4. The molecule has 0 fully saturated rings. The van der Waals surface area contributed by atoms with Crippen LogP contribution in [0.4, 0.5) is 4.39 Å². The van der Waals surface area contributed by atoms with Gasteiger partial charge in [-0.1, -0.05) is 0 Å². The molecule has 2 aromatic rings. The molecule has 2 rings (SSSR count). The van der Waals surface area contributed by atoms with Gasteiger partial charge in [0.15, 0.2) is 0 Å². The fourth-order valence-corrected chi connectivity index (χ4v) is 1.85. The summed E-state index contributed by atoms with van der Waals surface area (Å²) in [5, 5.41) is 0.614. The zero-order valence-electron chi connectivity index (χ0n) is 10.4. The second kappa shape index (κ2) is 4.75. The summed E-state index contributed by atoms with van der Waals surface area (Å²) in [5.41, 5.74) is 0.908. The normalized spacial score (nSPS) is 11.4. The van der Waals surface area contributed by atoms with Crippen LogP contribution in [0.2, 0.25) is 0 Å². The maximum Gasteiger partial charge on any atom is 0.148 e. The summed E-state index contributed by atoms with van der Waals surface area (Å²) < 4.78 is 20.8. The van der Waals surface area contributed by atoms with E-state index in [1.54, 1.807) is 19.4 Å². The van der Waals surface area contributed by atoms with Crippen molar-refractivity contribution in [1.29, 1.82) is 0 Å². The summed E-state index contributed by atoms with van der Waals surface area (Å²) >= 11 is 0. The van der Waals surface area contributed by atoms with Crippen molar-refractivity contribution in [1.82, 2.24) is 9.47 Å². The quantitative estimate of drug-likeness (QED) is 0.810. The summed E-state index contributed by atoms with van der Waals surface area (Å²) in [4.78, 5) is 2.08. The van der Waals surface area contributed by atoms with Gasteiger partial charge in [0.1, 0.15) is 11.6 Å². The topological polar surface area (TPSA) is 17.4 Å². The van der Waals surface area contributed by atoms with Gasteiger partial charge >= 0.3 is 0 Å². The number of nitrogens with zero attached hydrogens (tertiary/aromatic N) is 2. The molecule has 0 unspecified atom stereocenters. The molecule has 0 N–H and O–H groups in total. The van der Waals surface area contributed by atoms with Crippen molar-refractivity contribution < 1.29 is 9.13 Å². The SMILES string of the molecule is COc1ccc2c(c1)c(F)cn2CCN(C)C. The Kier molecular flexibility index (Phi) is 3.33. The van der Waals surface area contributed by atoms with Gasteiger partial charge in [-0.05, 0) is 32.3 Å². The van der Waals surface area contributed by atoms with E-state index in [-0.39, 0.29) is 5.82 Å². The monoisotopic (exact) mass is 236 g/mol. The fourth-order valence-electron chi connectivity index (χ4n) is 1.85. The van der Waals surface area contributed by atoms with Crippen molar-refractivity contribution in [2.24, 2.45) is 0 Å². The van der Waals surface area contributed by atoms with Crippen molar-refractivity contribution in [2.45, 2.75) is 6.54 Å². The highest BCUT2D eigenvalue weighted by molar-refractivity contribution is 5.82. The van der Waals surface area contributed by atoms with Crippen molar-refractivity contribution in [3.05, 3.63) is 30.2 Å². The first-order valence-corrected chi connectivity index (χ1v) is 5.59. The van der Waals surface area contributed by atoms with E-state index in [9.17, 15) is 4.39 Å². The highest BCUT2D eigenvalue weighted by atomic mass is 19.1. The second-order valence-corrected chi connectivity index (χ2v) is 4.36. The molecule has 0 bridgehead atoms. The highest BCUT2D eigenvalue weighted by Crippen LogP contribution is 2.24. The summed E-state index contributed by atoms with van der Waals surface area (Å²) in [6, 6.07) is 5.48. The smallest absolute Gasteiger partial charge is 0.148 e. The molecule has 0 saturated heterocycles. The molecule has 0 spiro atoms. The van der Waals surface area contributed by atoms with Crippen LogP contribution in [0, 0.1) is 5.82 Å². The zero-order valence-corrected chi connectivity index (χ0v) is 10.4. The molecule has 0 aliphatic rings. The molecule has 1 heterocycles. The molecule has 1 aromatic carbocycles. The van der Waals surface area contributed by atoms with Crippen molar-refractivity contribution >= 4 is 10.9 Å². The van der Waals surface area contributed by atoms with E-state index >= 15 is 0 Å². The molecule has 0 amide bonds. The Morgan fingerprint density at radius 2 is 2.12 bits per heavy atom. The number of likely N-dealkylation sites (N-methyl/N-ethyl adjacent to an activating group) is 1. The van der Waals surface area contributed by atoms with Gasteiger partial charge in [0.2, 0.25) is 0 Å². The first-order chi connectivity index (χ1) is 8.11. The molecular weight excluding hydrogens is 219 g/mol. The van der Waals surface area contributed by atoms with Gasteiger partial charge in [-0.25, -0.2) is 4.39 Å². The van der Waals surface area contributed by atoms with Gasteiger partial charge in [-0.2, -0.15) is 0 Å². The number of hydrogen-bond donors (Lipinski definition) is 0. The highest BCUT2D eigenvalue weighted by Gasteiger charge is 2.09. The Labute approximate surface area is 100 Å². The van der Waals surface area contributed by atoms with Crippen LogP contribution < -0.4 is 4.74 Å². The molecule has 4 heteroatoms. The Morgan fingerprint density at radius 3 is 2.76 bits per heavy atom. The number of hydrogen-bond acceptors (Lipinski definition) is 2. The maximum atomic E-state index is 13.8. The van der Waals surface area contributed by atoms with E-state index in [1.807, 2.05) is 30.8 Å². The molecule has 0 atom stereocenters. The number of aromatic nitrogens is 1. The standard InChI is InChI=1S/C13H17FN2O/c1-15(2)6-7-16-9-12(14)11-8-10(17-3)4-5-13(11)16/h4-5,8-9H,6-7H2,1-3H3. The van der Waals surface area contributed by atoms with E-state index < -0.39 is 0 Å². The molecule has 0 radical (unpaired) electrons. The summed E-state index contributed by atoms with van der Waals surface area (Å²) in [5.74, 6) is 0.486. The van der Waals surface area contributed by atoms with E-state index in [1.165, 1.54) is 0 Å². The van der Waals surface area contributed by atoms with Crippen LogP contribution in [0.5, 0.6) is 5.75 Å². The maximum absolute atomic E-state index is 13.8. The lowest BCUT2D eigenvalue weighted by Crippen LogP contribution is -2.17. The minimum Gasteiger partial charge on any atom is -0.497 e. The predicted molar refractivity (Wildman–Crippen MR) is 67.0 cm³/mol. The van der Waals surface area contributed by atoms with Crippen LogP contribution in [0.25, 0.3) is 10.9 Å². The Balaban J connectivity index is 2.38. The molecular formula is C13H17FN2O. The third kappa shape index (κ3) is 2.42. The number of methoxy groups -OCH3 is 1. The average molecular weight is 236 g/mol. The Hall–Kier alpha value is -1.55. The van der Waals surface area contributed by atoms with Crippen LogP contribution in [-0.2, 0) is 6.54 Å².